The number of fused-ring (bicyclic) bond motifs is 2. The second-order valence-electron chi connectivity index (χ2n) is 5.84. The van der Waals surface area contributed by atoms with Crippen molar-refractivity contribution in [3.8, 4) is 0 Å². The highest BCUT2D eigenvalue weighted by Gasteiger charge is 2.54. The lowest BCUT2D eigenvalue weighted by molar-refractivity contribution is -0.155. The van der Waals surface area contributed by atoms with Gasteiger partial charge in [0.15, 0.2) is 0 Å². The molecule has 2 bridgehead atoms. The van der Waals surface area contributed by atoms with Gasteiger partial charge in [0, 0.05) is 24.9 Å². The molecular formula is C16H19BO4. The van der Waals surface area contributed by atoms with Crippen LogP contribution in [0.4, 0.5) is 0 Å². The number of rotatable bonds is 4. The summed E-state index contributed by atoms with van der Waals surface area (Å²) in [6.07, 6.45) is 0.786. The number of ether oxygens (including phenoxy) is 3. The molecule has 21 heavy (non-hydrogen) atoms. The van der Waals surface area contributed by atoms with Gasteiger partial charge >= 0.3 is 5.97 Å². The molecule has 2 aliphatic rings. The van der Waals surface area contributed by atoms with E-state index in [2.05, 4.69) is 0 Å². The molecule has 4 atom stereocenters. The topological polar surface area (TPSA) is 44.8 Å². The minimum atomic E-state index is -0.532. The fourth-order valence-corrected chi connectivity index (χ4v) is 3.25. The zero-order valence-electron chi connectivity index (χ0n) is 12.2. The van der Waals surface area contributed by atoms with Crippen molar-refractivity contribution < 1.29 is 19.0 Å². The number of hydrogen-bond acceptors (Lipinski definition) is 4. The second-order valence-corrected chi connectivity index (χ2v) is 5.84. The smallest absolute Gasteiger partial charge is 0.309 e. The lowest BCUT2D eigenvalue weighted by atomic mass is 9.77. The van der Waals surface area contributed by atoms with Crippen molar-refractivity contribution in [3.63, 3.8) is 0 Å². The van der Waals surface area contributed by atoms with Gasteiger partial charge in [0.1, 0.15) is 14.5 Å². The summed E-state index contributed by atoms with van der Waals surface area (Å²) in [4.78, 5) is 12.1. The van der Waals surface area contributed by atoms with Crippen LogP contribution in [-0.2, 0) is 25.6 Å². The first-order chi connectivity index (χ1) is 10.1. The summed E-state index contributed by atoms with van der Waals surface area (Å²) < 4.78 is 16.8. The molecule has 0 amide bonds. The molecule has 3 rings (SSSR count). The van der Waals surface area contributed by atoms with Crippen LogP contribution in [0.25, 0.3) is 0 Å². The maximum atomic E-state index is 12.1. The Hall–Kier alpha value is -1.33. The van der Waals surface area contributed by atoms with Gasteiger partial charge in [0.05, 0.1) is 18.1 Å². The Labute approximate surface area is 126 Å². The quantitative estimate of drug-likeness (QED) is 0.625. The molecule has 0 aliphatic carbocycles. The summed E-state index contributed by atoms with van der Waals surface area (Å²) in [7, 11) is 5.94. The molecule has 5 heteroatoms. The third kappa shape index (κ3) is 2.85. The minimum Gasteiger partial charge on any atom is -0.461 e. The van der Waals surface area contributed by atoms with Crippen molar-refractivity contribution in [3.05, 3.63) is 35.9 Å². The summed E-state index contributed by atoms with van der Waals surface area (Å²) in [5.74, 6) is -0.147. The van der Waals surface area contributed by atoms with Crippen molar-refractivity contribution in [2.24, 2.45) is 5.92 Å². The van der Waals surface area contributed by atoms with E-state index in [0.29, 0.717) is 13.0 Å². The first-order valence-corrected chi connectivity index (χ1v) is 7.35. The van der Waals surface area contributed by atoms with Gasteiger partial charge in [-0.3, -0.25) is 4.79 Å². The fourth-order valence-electron chi connectivity index (χ4n) is 3.25. The number of hydrogen-bond donors (Lipinski definition) is 0. The highest BCUT2D eigenvalue weighted by atomic mass is 16.6. The van der Waals surface area contributed by atoms with Gasteiger partial charge in [-0.25, -0.2) is 0 Å². The Bertz CT molecular complexity index is 506. The number of carbonyl (C=O) groups excluding carboxylic acids is 1. The van der Waals surface area contributed by atoms with Crippen molar-refractivity contribution in [1.82, 2.24) is 0 Å². The zero-order valence-corrected chi connectivity index (χ0v) is 12.2. The lowest BCUT2D eigenvalue weighted by Gasteiger charge is -2.36. The highest BCUT2D eigenvalue weighted by Crippen LogP contribution is 2.45. The molecule has 2 heterocycles. The normalized spacial score (nSPS) is 34.6. The van der Waals surface area contributed by atoms with E-state index in [-0.39, 0.29) is 31.0 Å². The molecular weight excluding hydrogens is 267 g/mol. The van der Waals surface area contributed by atoms with Crippen molar-refractivity contribution in [2.75, 3.05) is 6.61 Å². The molecule has 0 spiro atoms. The summed E-state index contributed by atoms with van der Waals surface area (Å²) in [6, 6.07) is 9.19. The van der Waals surface area contributed by atoms with E-state index in [9.17, 15) is 4.79 Å². The summed E-state index contributed by atoms with van der Waals surface area (Å²) >= 11 is 0. The third-order valence-corrected chi connectivity index (χ3v) is 4.54. The summed E-state index contributed by atoms with van der Waals surface area (Å²) in [5, 5.41) is 0. The average molecular weight is 286 g/mol. The van der Waals surface area contributed by atoms with E-state index >= 15 is 0 Å². The van der Waals surface area contributed by atoms with Crippen molar-refractivity contribution in [2.45, 2.75) is 44.1 Å². The van der Waals surface area contributed by atoms with Crippen LogP contribution in [0, 0.1) is 5.92 Å². The molecule has 4 nitrogen and oxygen atoms in total. The van der Waals surface area contributed by atoms with Gasteiger partial charge in [-0.15, -0.1) is 0 Å². The summed E-state index contributed by atoms with van der Waals surface area (Å²) in [5.41, 5.74) is 0.445. The molecule has 2 radical (unpaired) electrons. The van der Waals surface area contributed by atoms with Crippen LogP contribution in [-0.4, -0.2) is 38.1 Å². The van der Waals surface area contributed by atoms with Crippen LogP contribution in [0.2, 0.25) is 0 Å². The fraction of sp³-hybridized carbons (Fsp3) is 0.562. The van der Waals surface area contributed by atoms with Crippen molar-refractivity contribution in [1.29, 1.82) is 0 Å². The van der Waals surface area contributed by atoms with Gasteiger partial charge in [-0.2, -0.15) is 0 Å². The van der Waals surface area contributed by atoms with E-state index in [4.69, 9.17) is 22.1 Å². The molecule has 1 aromatic rings. The monoisotopic (exact) mass is 286 g/mol. The predicted molar refractivity (Wildman–Crippen MR) is 77.7 cm³/mol. The van der Waals surface area contributed by atoms with E-state index < -0.39 is 11.6 Å². The standard InChI is InChI=1S/C16H19BO4/c1-11-14-15(17)21-16(11,7-8-19-14)9-13(18)20-10-12-5-3-2-4-6-12/h2-6,11,14-15H,7-10H2,1H3/t11?,14-,15+,16+/m0/s1. The van der Waals surface area contributed by atoms with Crippen LogP contribution in [0.1, 0.15) is 25.3 Å². The Balaban J connectivity index is 1.59. The molecule has 2 saturated heterocycles. The third-order valence-electron chi connectivity index (χ3n) is 4.54. The highest BCUT2D eigenvalue weighted by molar-refractivity contribution is 6.11. The van der Waals surface area contributed by atoms with Gasteiger partial charge in [0.2, 0.25) is 0 Å². The molecule has 0 N–H and O–H groups in total. The van der Waals surface area contributed by atoms with Gasteiger partial charge in [-0.05, 0) is 5.56 Å². The predicted octanol–water partition coefficient (Wildman–Crippen LogP) is 1.81. The van der Waals surface area contributed by atoms with Crippen LogP contribution in [0.15, 0.2) is 30.3 Å². The molecule has 2 fully saturated rings. The maximum absolute atomic E-state index is 12.1. The second kappa shape index (κ2) is 5.81. The first kappa shape index (κ1) is 14.6. The Morgan fingerprint density at radius 3 is 2.95 bits per heavy atom. The van der Waals surface area contributed by atoms with Gasteiger partial charge in [0.25, 0.3) is 0 Å². The number of benzene rings is 1. The minimum absolute atomic E-state index is 0.102. The van der Waals surface area contributed by atoms with Crippen LogP contribution in [0.3, 0.4) is 0 Å². The largest absolute Gasteiger partial charge is 0.461 e. The molecule has 2 aliphatic heterocycles. The van der Waals surface area contributed by atoms with Gasteiger partial charge in [-0.1, -0.05) is 37.3 Å². The van der Waals surface area contributed by atoms with Gasteiger partial charge < -0.3 is 14.2 Å². The zero-order chi connectivity index (χ0) is 14.9. The van der Waals surface area contributed by atoms with E-state index in [1.54, 1.807) is 0 Å². The maximum Gasteiger partial charge on any atom is 0.309 e. The lowest BCUT2D eigenvalue weighted by Crippen LogP contribution is -2.44. The molecule has 1 aromatic carbocycles. The number of esters is 1. The Kier molecular flexibility index (Phi) is 4.04. The average Bonchev–Trinajstić information content (AvgIpc) is 2.62. The van der Waals surface area contributed by atoms with E-state index in [0.717, 1.165) is 5.56 Å². The Morgan fingerprint density at radius 1 is 1.43 bits per heavy atom. The Morgan fingerprint density at radius 2 is 2.19 bits per heavy atom. The number of carbonyl (C=O) groups is 1. The molecule has 1 unspecified atom stereocenters. The van der Waals surface area contributed by atoms with Crippen LogP contribution >= 0.6 is 0 Å². The SMILES string of the molecule is [B][C@@H]1O[C@@]2(CC(=O)OCc3ccccc3)CCO[C@H]1C2C. The molecule has 0 aromatic heterocycles. The summed E-state index contributed by atoms with van der Waals surface area (Å²) in [6.45, 7) is 2.89. The van der Waals surface area contributed by atoms with Crippen LogP contribution in [0.5, 0.6) is 0 Å². The van der Waals surface area contributed by atoms with E-state index in [1.807, 2.05) is 37.3 Å². The molecule has 110 valence electrons. The molecule has 0 saturated carbocycles. The first-order valence-electron chi connectivity index (χ1n) is 7.35. The van der Waals surface area contributed by atoms with Crippen LogP contribution < -0.4 is 0 Å². The van der Waals surface area contributed by atoms with E-state index in [1.165, 1.54) is 0 Å². The van der Waals surface area contributed by atoms with Crippen molar-refractivity contribution >= 4 is 13.8 Å².